The van der Waals surface area contributed by atoms with Gasteiger partial charge in [0.15, 0.2) is 0 Å². The Kier molecular flexibility index (Phi) is 5.44. The van der Waals surface area contributed by atoms with Gasteiger partial charge in [0.05, 0.1) is 24.3 Å². The molecule has 0 spiro atoms. The molecule has 104 valence electrons. The monoisotopic (exact) mass is 268 g/mol. The van der Waals surface area contributed by atoms with Crippen LogP contribution in [0.5, 0.6) is 0 Å². The minimum Gasteiger partial charge on any atom is -0.465 e. The molecule has 0 aliphatic heterocycles. The molecule has 6 heteroatoms. The van der Waals surface area contributed by atoms with E-state index in [1.165, 1.54) is 19.2 Å². The van der Waals surface area contributed by atoms with Gasteiger partial charge in [-0.3, -0.25) is 4.79 Å². The first-order valence-corrected chi connectivity index (χ1v) is 5.92. The molecule has 0 aliphatic carbocycles. The molecule has 5 nitrogen and oxygen atoms in total. The van der Waals surface area contributed by atoms with Gasteiger partial charge in [-0.2, -0.15) is 0 Å². The molecule has 0 aromatic heterocycles. The lowest BCUT2D eigenvalue weighted by molar-refractivity contribution is -0.119. The van der Waals surface area contributed by atoms with Crippen LogP contribution in [-0.2, 0) is 9.53 Å². The Hall–Kier alpha value is -1.95. The molecule has 1 aromatic rings. The highest BCUT2D eigenvalue weighted by molar-refractivity contribution is 5.95. The Labute approximate surface area is 110 Å². The fraction of sp³-hybridized carbons (Fsp3) is 0.385. The molecule has 0 radical (unpaired) electrons. The van der Waals surface area contributed by atoms with Crippen LogP contribution in [0.1, 0.15) is 23.7 Å². The van der Waals surface area contributed by atoms with Crippen LogP contribution < -0.4 is 11.1 Å². The first-order valence-electron chi connectivity index (χ1n) is 5.92. The number of rotatable bonds is 5. The molecule has 1 aromatic carbocycles. The average Bonchev–Trinajstić information content (AvgIpc) is 2.41. The van der Waals surface area contributed by atoms with Crippen molar-refractivity contribution in [2.75, 3.05) is 19.0 Å². The number of esters is 1. The Morgan fingerprint density at radius 3 is 2.68 bits per heavy atom. The zero-order chi connectivity index (χ0) is 14.4. The second kappa shape index (κ2) is 6.84. The van der Waals surface area contributed by atoms with E-state index in [4.69, 9.17) is 5.73 Å². The van der Waals surface area contributed by atoms with Crippen LogP contribution >= 0.6 is 0 Å². The van der Waals surface area contributed by atoms with Crippen LogP contribution in [0.2, 0.25) is 0 Å². The molecule has 0 heterocycles. The predicted molar refractivity (Wildman–Crippen MR) is 69.2 cm³/mol. The van der Waals surface area contributed by atoms with E-state index < -0.39 is 11.8 Å². The zero-order valence-electron chi connectivity index (χ0n) is 10.9. The second-order valence-corrected chi connectivity index (χ2v) is 4.02. The fourth-order valence-electron chi connectivity index (χ4n) is 1.56. The standard InChI is InChI=1S/C13H17FN2O3/c1-3-8(7-15)12(17)16-11-6-9(13(18)19-2)4-5-10(11)14/h4-6,8H,3,7,15H2,1-2H3,(H,16,17). The third kappa shape index (κ3) is 3.75. The number of carbonyl (C=O) groups is 2. The summed E-state index contributed by atoms with van der Waals surface area (Å²) in [6.45, 7) is 2.00. The lowest BCUT2D eigenvalue weighted by Gasteiger charge is -2.13. The minimum atomic E-state index is -0.618. The Bertz CT molecular complexity index is 473. The number of amides is 1. The number of halogens is 1. The number of benzene rings is 1. The molecule has 19 heavy (non-hydrogen) atoms. The van der Waals surface area contributed by atoms with Gasteiger partial charge in [-0.05, 0) is 24.6 Å². The zero-order valence-corrected chi connectivity index (χ0v) is 10.9. The van der Waals surface area contributed by atoms with Crippen molar-refractivity contribution in [2.45, 2.75) is 13.3 Å². The fourth-order valence-corrected chi connectivity index (χ4v) is 1.56. The summed E-state index contributed by atoms with van der Waals surface area (Å²) < 4.78 is 18.1. The third-order valence-corrected chi connectivity index (χ3v) is 2.79. The quantitative estimate of drug-likeness (QED) is 0.794. The van der Waals surface area contributed by atoms with Crippen molar-refractivity contribution in [3.63, 3.8) is 0 Å². The van der Waals surface area contributed by atoms with E-state index in [-0.39, 0.29) is 29.6 Å². The maximum absolute atomic E-state index is 13.6. The highest BCUT2D eigenvalue weighted by Gasteiger charge is 2.17. The van der Waals surface area contributed by atoms with E-state index in [1.54, 1.807) is 0 Å². The summed E-state index contributed by atoms with van der Waals surface area (Å²) in [5.74, 6) is -1.97. The van der Waals surface area contributed by atoms with E-state index in [0.717, 1.165) is 6.07 Å². The largest absolute Gasteiger partial charge is 0.465 e. The van der Waals surface area contributed by atoms with Crippen molar-refractivity contribution in [2.24, 2.45) is 11.7 Å². The van der Waals surface area contributed by atoms with Crippen LogP contribution in [0.4, 0.5) is 10.1 Å². The Balaban J connectivity index is 2.94. The number of anilines is 1. The van der Waals surface area contributed by atoms with Crippen molar-refractivity contribution in [3.05, 3.63) is 29.6 Å². The van der Waals surface area contributed by atoms with Crippen molar-refractivity contribution in [1.29, 1.82) is 0 Å². The average molecular weight is 268 g/mol. The lowest BCUT2D eigenvalue weighted by atomic mass is 10.1. The number of ether oxygens (including phenoxy) is 1. The smallest absolute Gasteiger partial charge is 0.337 e. The van der Waals surface area contributed by atoms with E-state index in [2.05, 4.69) is 10.1 Å². The first kappa shape index (κ1) is 15.1. The Morgan fingerprint density at radius 2 is 2.16 bits per heavy atom. The molecule has 0 bridgehead atoms. The maximum atomic E-state index is 13.6. The van der Waals surface area contributed by atoms with Gasteiger partial charge in [0.2, 0.25) is 5.91 Å². The van der Waals surface area contributed by atoms with Gasteiger partial charge in [0, 0.05) is 6.54 Å². The van der Waals surface area contributed by atoms with Crippen LogP contribution in [0.15, 0.2) is 18.2 Å². The number of nitrogens with two attached hydrogens (primary N) is 1. The highest BCUT2D eigenvalue weighted by atomic mass is 19.1. The lowest BCUT2D eigenvalue weighted by Crippen LogP contribution is -2.29. The van der Waals surface area contributed by atoms with Gasteiger partial charge in [-0.1, -0.05) is 6.92 Å². The molecule has 1 unspecified atom stereocenters. The molecule has 1 amide bonds. The van der Waals surface area contributed by atoms with Crippen LogP contribution in [-0.4, -0.2) is 25.5 Å². The highest BCUT2D eigenvalue weighted by Crippen LogP contribution is 2.18. The summed E-state index contributed by atoms with van der Waals surface area (Å²) in [4.78, 5) is 23.1. The van der Waals surface area contributed by atoms with Gasteiger partial charge >= 0.3 is 5.97 Å². The molecule has 0 fully saturated rings. The van der Waals surface area contributed by atoms with Gasteiger partial charge in [-0.25, -0.2) is 9.18 Å². The molecule has 0 saturated heterocycles. The Morgan fingerprint density at radius 1 is 1.47 bits per heavy atom. The normalized spacial score (nSPS) is 11.8. The maximum Gasteiger partial charge on any atom is 0.337 e. The topological polar surface area (TPSA) is 81.4 Å². The molecule has 0 saturated carbocycles. The van der Waals surface area contributed by atoms with E-state index in [0.29, 0.717) is 6.42 Å². The summed E-state index contributed by atoms with van der Waals surface area (Å²) in [5.41, 5.74) is 5.56. The van der Waals surface area contributed by atoms with Crippen molar-refractivity contribution in [3.8, 4) is 0 Å². The van der Waals surface area contributed by atoms with E-state index in [1.807, 2.05) is 6.92 Å². The summed E-state index contributed by atoms with van der Waals surface area (Å²) in [6.07, 6.45) is 0.556. The van der Waals surface area contributed by atoms with Crippen molar-refractivity contribution < 1.29 is 18.7 Å². The summed E-state index contributed by atoms with van der Waals surface area (Å²) in [6, 6.07) is 3.63. The number of carbonyl (C=O) groups excluding carboxylic acids is 2. The van der Waals surface area contributed by atoms with Crippen molar-refractivity contribution in [1.82, 2.24) is 0 Å². The molecular formula is C13H17FN2O3. The van der Waals surface area contributed by atoms with Gasteiger partial charge in [-0.15, -0.1) is 0 Å². The summed E-state index contributed by atoms with van der Waals surface area (Å²) in [7, 11) is 1.23. The van der Waals surface area contributed by atoms with Crippen LogP contribution in [0, 0.1) is 11.7 Å². The van der Waals surface area contributed by atoms with Crippen LogP contribution in [0.3, 0.4) is 0 Å². The SMILES string of the molecule is CCC(CN)C(=O)Nc1cc(C(=O)OC)ccc1F. The molecule has 1 rings (SSSR count). The summed E-state index contributed by atoms with van der Waals surface area (Å²) >= 11 is 0. The first-order chi connectivity index (χ1) is 9.03. The molecular weight excluding hydrogens is 251 g/mol. The number of methoxy groups -OCH3 is 1. The van der Waals surface area contributed by atoms with E-state index >= 15 is 0 Å². The number of hydrogen-bond donors (Lipinski definition) is 2. The van der Waals surface area contributed by atoms with E-state index in [9.17, 15) is 14.0 Å². The predicted octanol–water partition coefficient (Wildman–Crippen LogP) is 1.54. The third-order valence-electron chi connectivity index (χ3n) is 2.79. The second-order valence-electron chi connectivity index (χ2n) is 4.02. The van der Waals surface area contributed by atoms with Gasteiger partial charge in [0.25, 0.3) is 0 Å². The molecule has 0 aliphatic rings. The van der Waals surface area contributed by atoms with Gasteiger partial charge < -0.3 is 15.8 Å². The summed E-state index contributed by atoms with van der Waals surface area (Å²) in [5, 5.41) is 2.43. The number of hydrogen-bond acceptors (Lipinski definition) is 4. The molecule has 3 N–H and O–H groups in total. The van der Waals surface area contributed by atoms with Crippen LogP contribution in [0.25, 0.3) is 0 Å². The van der Waals surface area contributed by atoms with Crippen molar-refractivity contribution >= 4 is 17.6 Å². The number of nitrogens with one attached hydrogen (secondary N) is 1. The molecule has 1 atom stereocenters. The van der Waals surface area contributed by atoms with Gasteiger partial charge in [0.1, 0.15) is 5.82 Å². The minimum absolute atomic E-state index is 0.0557.